The third kappa shape index (κ3) is 7.08. The van der Waals surface area contributed by atoms with Crippen molar-refractivity contribution in [2.75, 3.05) is 6.54 Å². The van der Waals surface area contributed by atoms with E-state index in [9.17, 15) is 22.4 Å². The zero-order chi connectivity index (χ0) is 28.2. The van der Waals surface area contributed by atoms with Crippen LogP contribution in [0.3, 0.4) is 0 Å². The normalized spacial score (nSPS) is 19.1. The van der Waals surface area contributed by atoms with Crippen molar-refractivity contribution in [3.8, 4) is 11.1 Å². The molecule has 0 radical (unpaired) electrons. The van der Waals surface area contributed by atoms with Crippen LogP contribution in [0.2, 0.25) is 0 Å². The Morgan fingerprint density at radius 2 is 1.95 bits per heavy atom. The molecule has 4 nitrogen and oxygen atoms in total. The van der Waals surface area contributed by atoms with Gasteiger partial charge in [0.1, 0.15) is 11.6 Å². The van der Waals surface area contributed by atoms with E-state index in [2.05, 4.69) is 16.4 Å². The molecular weight excluding hydrogens is 508 g/mol. The summed E-state index contributed by atoms with van der Waals surface area (Å²) in [5.41, 5.74) is 7.21. The fourth-order valence-electron chi connectivity index (χ4n) is 4.75. The van der Waals surface area contributed by atoms with Crippen LogP contribution in [0.15, 0.2) is 71.6 Å². The third-order valence-corrected chi connectivity index (χ3v) is 6.89. The molecule has 0 aromatic heterocycles. The number of aryl methyl sites for hydroxylation is 1. The van der Waals surface area contributed by atoms with Gasteiger partial charge in [-0.1, -0.05) is 30.7 Å². The Morgan fingerprint density at radius 3 is 2.62 bits per heavy atom. The summed E-state index contributed by atoms with van der Waals surface area (Å²) in [6.07, 6.45) is 0.894. The molecule has 0 spiro atoms. The first kappa shape index (κ1) is 28.4. The third-order valence-electron chi connectivity index (χ3n) is 6.89. The van der Waals surface area contributed by atoms with Gasteiger partial charge in [-0.3, -0.25) is 10.1 Å². The van der Waals surface area contributed by atoms with Gasteiger partial charge in [0.05, 0.1) is 11.6 Å². The smallest absolute Gasteiger partial charge is 0.392 e. The zero-order valence-corrected chi connectivity index (χ0v) is 22.2. The fourth-order valence-corrected chi connectivity index (χ4v) is 4.75. The maximum atomic E-state index is 14.9. The second-order valence-electron chi connectivity index (χ2n) is 9.90. The van der Waals surface area contributed by atoms with Gasteiger partial charge in [0.25, 0.3) is 0 Å². The lowest BCUT2D eigenvalue weighted by atomic mass is 9.88. The number of hydrogen-bond acceptors (Lipinski definition) is 4. The van der Waals surface area contributed by atoms with Crippen LogP contribution in [0, 0.1) is 18.7 Å². The number of hydrogen-bond donors (Lipinski definition) is 2. The minimum atomic E-state index is -4.17. The van der Waals surface area contributed by atoms with E-state index >= 15 is 0 Å². The van der Waals surface area contributed by atoms with E-state index in [-0.39, 0.29) is 18.6 Å². The summed E-state index contributed by atoms with van der Waals surface area (Å²) in [6.45, 7) is 6.32. The van der Waals surface area contributed by atoms with Crippen LogP contribution in [0.25, 0.3) is 16.9 Å². The number of allylic oxidation sites excluding steroid dienone is 4. The number of nitrogens with one attached hydrogen (secondary N) is 2. The summed E-state index contributed by atoms with van der Waals surface area (Å²) < 4.78 is 59.5. The first-order valence-corrected chi connectivity index (χ1v) is 13.0. The standard InChI is InChI=1S/C31H32F4N2O2/c1-4-36-30-37-20(3)29(39-30)24-17-22(26-14-9-19(2)15-27(26)32)16-23(18-24)28(38)8-6-5-7-21-10-12-25(13-11-21)31(33,34)35/h5,8-10,14-18,25,30,36-37H,4,7,11-13H2,1-3H3. The number of benzene rings is 2. The highest BCUT2D eigenvalue weighted by Gasteiger charge is 2.39. The van der Waals surface area contributed by atoms with Crippen molar-refractivity contribution in [1.29, 1.82) is 0 Å². The number of carbonyl (C=O) groups excluding carboxylic acids is 1. The molecule has 1 aliphatic heterocycles. The van der Waals surface area contributed by atoms with Crippen molar-refractivity contribution in [2.45, 2.75) is 59.0 Å². The Labute approximate surface area is 226 Å². The minimum Gasteiger partial charge on any atom is -0.455 e. The van der Waals surface area contributed by atoms with Gasteiger partial charge in [0, 0.05) is 22.8 Å². The Kier molecular flexibility index (Phi) is 8.78. The molecule has 1 aliphatic carbocycles. The van der Waals surface area contributed by atoms with Crippen molar-refractivity contribution < 1.29 is 27.1 Å². The van der Waals surface area contributed by atoms with Crippen LogP contribution in [0.4, 0.5) is 17.6 Å². The summed E-state index contributed by atoms with van der Waals surface area (Å²) in [5.74, 6) is -1.45. The molecule has 0 saturated heterocycles. The molecule has 2 unspecified atom stereocenters. The molecule has 8 heteroatoms. The molecule has 2 aliphatic rings. The van der Waals surface area contributed by atoms with Gasteiger partial charge in [-0.2, -0.15) is 13.2 Å². The second kappa shape index (κ2) is 12.1. The maximum absolute atomic E-state index is 14.9. The fraction of sp³-hybridized carbons (Fsp3) is 0.355. The highest BCUT2D eigenvalue weighted by molar-refractivity contribution is 6.05. The van der Waals surface area contributed by atoms with Gasteiger partial charge >= 0.3 is 6.18 Å². The topological polar surface area (TPSA) is 50.4 Å². The van der Waals surface area contributed by atoms with Crippen molar-refractivity contribution in [1.82, 2.24) is 10.6 Å². The first-order valence-electron chi connectivity index (χ1n) is 13.0. The molecule has 2 aromatic rings. The monoisotopic (exact) mass is 540 g/mol. The van der Waals surface area contributed by atoms with E-state index in [4.69, 9.17) is 4.74 Å². The van der Waals surface area contributed by atoms with Gasteiger partial charge < -0.3 is 10.1 Å². The van der Waals surface area contributed by atoms with Crippen LogP contribution < -0.4 is 10.6 Å². The highest BCUT2D eigenvalue weighted by atomic mass is 19.4. The summed E-state index contributed by atoms with van der Waals surface area (Å²) in [4.78, 5) is 13.1. The number of ketones is 1. The minimum absolute atomic E-state index is 0.0126. The molecule has 39 heavy (non-hydrogen) atoms. The van der Waals surface area contributed by atoms with E-state index in [0.29, 0.717) is 47.4 Å². The predicted octanol–water partition coefficient (Wildman–Crippen LogP) is 7.58. The Hall–Kier alpha value is -3.61. The van der Waals surface area contributed by atoms with Crippen LogP contribution in [0.5, 0.6) is 0 Å². The number of halogens is 4. The molecule has 2 N–H and O–H groups in total. The molecule has 1 heterocycles. The van der Waals surface area contributed by atoms with Crippen molar-refractivity contribution in [3.63, 3.8) is 0 Å². The SMILES string of the molecule is CCNC1NC(C)=C(c2cc(C(=O)C=C=CCC3=CCC(C(F)(F)F)CC3)cc(-c3ccc(C)cc3F)c2)O1. The first-order chi connectivity index (χ1) is 18.5. The van der Waals surface area contributed by atoms with Crippen molar-refractivity contribution in [2.24, 2.45) is 5.92 Å². The number of ether oxygens (including phenoxy) is 1. The summed E-state index contributed by atoms with van der Waals surface area (Å²) in [5, 5.41) is 6.37. The zero-order valence-electron chi connectivity index (χ0n) is 22.2. The lowest BCUT2D eigenvalue weighted by Gasteiger charge is -2.23. The van der Waals surface area contributed by atoms with Crippen molar-refractivity contribution in [3.05, 3.63) is 94.1 Å². The van der Waals surface area contributed by atoms with Gasteiger partial charge in [-0.25, -0.2) is 4.39 Å². The molecule has 2 atom stereocenters. The molecular formula is C31H32F4N2O2. The van der Waals surface area contributed by atoms with Gasteiger partial charge in [0.15, 0.2) is 5.78 Å². The largest absolute Gasteiger partial charge is 0.455 e. The number of carbonyl (C=O) groups is 1. The highest BCUT2D eigenvalue weighted by Crippen LogP contribution is 2.37. The predicted molar refractivity (Wildman–Crippen MR) is 144 cm³/mol. The number of rotatable bonds is 8. The Morgan fingerprint density at radius 1 is 1.18 bits per heavy atom. The summed E-state index contributed by atoms with van der Waals surface area (Å²) >= 11 is 0. The average Bonchev–Trinajstić information content (AvgIpc) is 3.26. The molecule has 0 saturated carbocycles. The molecule has 0 fully saturated rings. The maximum Gasteiger partial charge on any atom is 0.392 e. The summed E-state index contributed by atoms with van der Waals surface area (Å²) in [6, 6.07) is 10.1. The average molecular weight is 541 g/mol. The van der Waals surface area contributed by atoms with Crippen LogP contribution >= 0.6 is 0 Å². The van der Waals surface area contributed by atoms with E-state index in [0.717, 1.165) is 16.8 Å². The molecule has 2 aromatic carbocycles. The van der Waals surface area contributed by atoms with Crippen molar-refractivity contribution >= 4 is 11.5 Å². The summed E-state index contributed by atoms with van der Waals surface area (Å²) in [7, 11) is 0. The van der Waals surface area contributed by atoms with E-state index in [1.807, 2.05) is 19.9 Å². The molecule has 206 valence electrons. The quantitative estimate of drug-likeness (QED) is 0.119. The lowest BCUT2D eigenvalue weighted by Crippen LogP contribution is -2.38. The van der Waals surface area contributed by atoms with E-state index in [1.54, 1.807) is 43.3 Å². The lowest BCUT2D eigenvalue weighted by molar-refractivity contribution is -0.176. The second-order valence-corrected chi connectivity index (χ2v) is 9.90. The number of alkyl halides is 3. The molecule has 0 amide bonds. The molecule has 4 rings (SSSR count). The molecule has 0 bridgehead atoms. The van der Waals surface area contributed by atoms with E-state index < -0.39 is 24.3 Å². The van der Waals surface area contributed by atoms with Gasteiger partial charge in [-0.15, -0.1) is 5.73 Å². The van der Waals surface area contributed by atoms with E-state index in [1.165, 1.54) is 12.1 Å². The van der Waals surface area contributed by atoms with Crippen LogP contribution in [0.1, 0.15) is 61.0 Å². The Balaban J connectivity index is 1.59. The van der Waals surface area contributed by atoms with Gasteiger partial charge in [-0.05, 0) is 87.5 Å². The van der Waals surface area contributed by atoms with Crippen LogP contribution in [-0.2, 0) is 4.74 Å². The van der Waals surface area contributed by atoms with Crippen LogP contribution in [-0.4, -0.2) is 24.9 Å². The Bertz CT molecular complexity index is 1370. The van der Waals surface area contributed by atoms with Gasteiger partial charge in [0.2, 0.25) is 6.35 Å².